The molecule has 1 saturated carbocycles. The Kier molecular flexibility index (Phi) is 3.40. The van der Waals surface area contributed by atoms with Crippen molar-refractivity contribution in [1.29, 1.82) is 0 Å². The van der Waals surface area contributed by atoms with Gasteiger partial charge >= 0.3 is 0 Å². The summed E-state index contributed by atoms with van der Waals surface area (Å²) >= 11 is 0. The molecule has 3 nitrogen and oxygen atoms in total. The van der Waals surface area contributed by atoms with Gasteiger partial charge in [-0.3, -0.25) is 0 Å². The predicted molar refractivity (Wildman–Crippen MR) is 79.5 cm³/mol. The van der Waals surface area contributed by atoms with Crippen LogP contribution in [0.4, 0.5) is 0 Å². The number of rotatable bonds is 2. The first-order valence-corrected chi connectivity index (χ1v) is 7.52. The normalized spacial score (nSPS) is 26.5. The Morgan fingerprint density at radius 2 is 2.16 bits per heavy atom. The average molecular weight is 259 g/mol. The summed E-state index contributed by atoms with van der Waals surface area (Å²) in [4.78, 5) is 2.53. The molecule has 104 valence electrons. The zero-order valence-corrected chi connectivity index (χ0v) is 12.3. The van der Waals surface area contributed by atoms with Crippen molar-refractivity contribution >= 4 is 0 Å². The molecular weight excluding hydrogens is 234 g/mol. The number of allylic oxidation sites excluding steroid dienone is 1. The van der Waals surface area contributed by atoms with E-state index >= 15 is 0 Å². The monoisotopic (exact) mass is 259 g/mol. The van der Waals surface area contributed by atoms with Crippen LogP contribution in [0.3, 0.4) is 0 Å². The highest BCUT2D eigenvalue weighted by Crippen LogP contribution is 2.34. The largest absolute Gasteiger partial charge is 0.351 e. The van der Waals surface area contributed by atoms with Crippen molar-refractivity contribution in [3.05, 3.63) is 34.8 Å². The van der Waals surface area contributed by atoms with E-state index in [0.29, 0.717) is 12.1 Å². The first kappa shape index (κ1) is 12.8. The Bertz CT molecular complexity index is 451. The molecule has 0 spiro atoms. The standard InChI is InChI=1S/C16H25N3/c1-11(2)19-10-13-7-8-14(17-3)9-15(13)18-16(19)12-5-4-6-12/h7-8,11,14,17-18H,4-6,9-10H2,1-3H3. The molecule has 1 unspecified atom stereocenters. The van der Waals surface area contributed by atoms with Crippen molar-refractivity contribution in [2.45, 2.75) is 51.6 Å². The second-order valence-electron chi connectivity index (χ2n) is 6.11. The van der Waals surface area contributed by atoms with Crippen LogP contribution in [-0.2, 0) is 0 Å². The summed E-state index contributed by atoms with van der Waals surface area (Å²) in [7, 11) is 2.04. The number of likely N-dealkylation sites (N-methyl/N-ethyl adjacent to an activating group) is 1. The molecule has 3 aliphatic rings. The van der Waals surface area contributed by atoms with E-state index in [1.165, 1.54) is 36.4 Å². The minimum Gasteiger partial charge on any atom is -0.351 e. The topological polar surface area (TPSA) is 27.3 Å². The smallest absolute Gasteiger partial charge is 0.105 e. The summed E-state index contributed by atoms with van der Waals surface area (Å²) in [5.41, 5.74) is 4.51. The van der Waals surface area contributed by atoms with Crippen molar-refractivity contribution in [2.75, 3.05) is 13.6 Å². The van der Waals surface area contributed by atoms with Gasteiger partial charge in [0.2, 0.25) is 0 Å². The Morgan fingerprint density at radius 1 is 1.37 bits per heavy atom. The van der Waals surface area contributed by atoms with Gasteiger partial charge in [-0.1, -0.05) is 12.2 Å². The van der Waals surface area contributed by atoms with Crippen LogP contribution in [0.2, 0.25) is 0 Å². The molecule has 0 aromatic carbocycles. The van der Waals surface area contributed by atoms with Gasteiger partial charge in [-0.15, -0.1) is 0 Å². The van der Waals surface area contributed by atoms with Gasteiger partial charge in [0, 0.05) is 30.7 Å². The average Bonchev–Trinajstić information content (AvgIpc) is 2.35. The molecule has 0 radical (unpaired) electrons. The molecule has 0 aromatic heterocycles. The molecule has 3 heteroatoms. The van der Waals surface area contributed by atoms with E-state index in [1.807, 2.05) is 7.05 Å². The fourth-order valence-electron chi connectivity index (χ4n) is 3.03. The van der Waals surface area contributed by atoms with Gasteiger partial charge in [0.1, 0.15) is 5.82 Å². The summed E-state index contributed by atoms with van der Waals surface area (Å²) in [6.07, 6.45) is 9.59. The van der Waals surface area contributed by atoms with Crippen molar-refractivity contribution in [2.24, 2.45) is 0 Å². The molecule has 19 heavy (non-hydrogen) atoms. The molecule has 3 rings (SSSR count). The SMILES string of the molecule is CNC1C=CC2=C(C1)NC(=C1CCC1)N(C(C)C)C2. The van der Waals surface area contributed by atoms with Crippen molar-refractivity contribution in [1.82, 2.24) is 15.5 Å². The Balaban J connectivity index is 1.88. The highest BCUT2D eigenvalue weighted by atomic mass is 15.3. The third kappa shape index (κ3) is 2.32. The number of hydrogen-bond acceptors (Lipinski definition) is 3. The number of nitrogens with one attached hydrogen (secondary N) is 2. The molecule has 2 aliphatic carbocycles. The van der Waals surface area contributed by atoms with Crippen LogP contribution in [0.1, 0.15) is 39.5 Å². The summed E-state index contributed by atoms with van der Waals surface area (Å²) in [5, 5.41) is 7.10. The van der Waals surface area contributed by atoms with E-state index in [4.69, 9.17) is 0 Å². The van der Waals surface area contributed by atoms with Crippen LogP contribution >= 0.6 is 0 Å². The zero-order valence-electron chi connectivity index (χ0n) is 12.3. The van der Waals surface area contributed by atoms with E-state index in [1.54, 1.807) is 5.57 Å². The second-order valence-corrected chi connectivity index (χ2v) is 6.11. The van der Waals surface area contributed by atoms with Gasteiger partial charge in [-0.2, -0.15) is 0 Å². The first-order valence-electron chi connectivity index (χ1n) is 7.52. The lowest BCUT2D eigenvalue weighted by Crippen LogP contribution is -2.45. The molecule has 0 amide bonds. The van der Waals surface area contributed by atoms with Gasteiger partial charge in [-0.05, 0) is 51.3 Å². The highest BCUT2D eigenvalue weighted by Gasteiger charge is 2.29. The van der Waals surface area contributed by atoms with Gasteiger partial charge in [-0.25, -0.2) is 0 Å². The van der Waals surface area contributed by atoms with E-state index in [9.17, 15) is 0 Å². The summed E-state index contributed by atoms with van der Waals surface area (Å²) in [6.45, 7) is 5.64. The van der Waals surface area contributed by atoms with E-state index in [-0.39, 0.29) is 0 Å². The predicted octanol–water partition coefficient (Wildman–Crippen LogP) is 2.50. The van der Waals surface area contributed by atoms with Gasteiger partial charge < -0.3 is 15.5 Å². The van der Waals surface area contributed by atoms with Crippen LogP contribution < -0.4 is 10.6 Å². The highest BCUT2D eigenvalue weighted by molar-refractivity contribution is 5.39. The van der Waals surface area contributed by atoms with Crippen LogP contribution in [0.5, 0.6) is 0 Å². The summed E-state index contributed by atoms with van der Waals surface area (Å²) in [5.74, 6) is 1.41. The van der Waals surface area contributed by atoms with Gasteiger partial charge in [0.15, 0.2) is 0 Å². The Labute approximate surface area is 116 Å². The minimum absolute atomic E-state index is 0.476. The molecule has 1 fully saturated rings. The maximum atomic E-state index is 3.75. The maximum Gasteiger partial charge on any atom is 0.105 e. The van der Waals surface area contributed by atoms with Crippen molar-refractivity contribution in [3.8, 4) is 0 Å². The third-order valence-electron chi connectivity index (χ3n) is 4.52. The van der Waals surface area contributed by atoms with Crippen LogP contribution in [0, 0.1) is 0 Å². The maximum absolute atomic E-state index is 3.75. The fraction of sp³-hybridized carbons (Fsp3) is 0.625. The zero-order chi connectivity index (χ0) is 13.4. The van der Waals surface area contributed by atoms with E-state index in [0.717, 1.165) is 13.0 Å². The molecule has 1 aliphatic heterocycles. The molecule has 2 N–H and O–H groups in total. The molecule has 0 bridgehead atoms. The minimum atomic E-state index is 0.476. The Morgan fingerprint density at radius 3 is 2.74 bits per heavy atom. The molecule has 1 atom stereocenters. The first-order chi connectivity index (χ1) is 9.19. The lowest BCUT2D eigenvalue weighted by Gasteiger charge is -2.42. The van der Waals surface area contributed by atoms with Crippen LogP contribution in [0.15, 0.2) is 34.8 Å². The molecule has 0 saturated heterocycles. The molecule has 1 heterocycles. The van der Waals surface area contributed by atoms with Gasteiger partial charge in [0.05, 0.1) is 0 Å². The van der Waals surface area contributed by atoms with Crippen LogP contribution in [0.25, 0.3) is 0 Å². The van der Waals surface area contributed by atoms with Crippen molar-refractivity contribution < 1.29 is 0 Å². The molecular formula is C16H25N3. The fourth-order valence-corrected chi connectivity index (χ4v) is 3.03. The number of hydrogen-bond donors (Lipinski definition) is 2. The van der Waals surface area contributed by atoms with E-state index in [2.05, 4.69) is 41.5 Å². The van der Waals surface area contributed by atoms with Crippen molar-refractivity contribution in [3.63, 3.8) is 0 Å². The summed E-state index contributed by atoms with van der Waals surface area (Å²) < 4.78 is 0. The second kappa shape index (κ2) is 5.04. The van der Waals surface area contributed by atoms with E-state index < -0.39 is 0 Å². The van der Waals surface area contributed by atoms with Gasteiger partial charge in [0.25, 0.3) is 0 Å². The molecule has 0 aromatic rings. The van der Waals surface area contributed by atoms with Crippen LogP contribution in [-0.4, -0.2) is 30.6 Å². The third-order valence-corrected chi connectivity index (χ3v) is 4.52. The quantitative estimate of drug-likeness (QED) is 0.798. The Hall–Kier alpha value is -1.22. The number of nitrogens with zero attached hydrogens (tertiary/aromatic N) is 1. The summed E-state index contributed by atoms with van der Waals surface area (Å²) in [6, 6.07) is 1.03. The lowest BCUT2D eigenvalue weighted by molar-refractivity contribution is 0.266. The lowest BCUT2D eigenvalue weighted by atomic mass is 9.89.